The Labute approximate surface area is 74.3 Å². The molecule has 4 nitrogen and oxygen atoms in total. The Hall–Kier alpha value is -1.71. The van der Waals surface area contributed by atoms with Gasteiger partial charge in [0.15, 0.2) is 5.78 Å². The highest BCUT2D eigenvalue weighted by atomic mass is 16.6. The SMILES string of the molecule is O=C1CCc2cc([N+](=O)[O-])ccc21. The molecule has 0 fully saturated rings. The average Bonchev–Trinajstić information content (AvgIpc) is 2.47. The molecule has 0 aliphatic heterocycles. The third-order valence-corrected chi connectivity index (χ3v) is 2.22. The number of nitro groups is 1. The maximum absolute atomic E-state index is 11.2. The smallest absolute Gasteiger partial charge is 0.269 e. The van der Waals surface area contributed by atoms with Crippen molar-refractivity contribution in [3.63, 3.8) is 0 Å². The zero-order valence-corrected chi connectivity index (χ0v) is 6.82. The first-order valence-electron chi connectivity index (χ1n) is 3.99. The number of benzene rings is 1. The number of hydrogen-bond donors (Lipinski definition) is 0. The maximum atomic E-state index is 11.2. The van der Waals surface area contributed by atoms with Crippen LogP contribution < -0.4 is 0 Å². The first-order valence-corrected chi connectivity index (χ1v) is 3.99. The molecule has 1 aliphatic rings. The zero-order chi connectivity index (χ0) is 9.42. The van der Waals surface area contributed by atoms with Crippen molar-refractivity contribution in [1.82, 2.24) is 0 Å². The molecule has 1 aromatic carbocycles. The summed E-state index contributed by atoms with van der Waals surface area (Å²) < 4.78 is 0. The summed E-state index contributed by atoms with van der Waals surface area (Å²) in [6.45, 7) is 0. The van der Waals surface area contributed by atoms with Crippen LogP contribution >= 0.6 is 0 Å². The van der Waals surface area contributed by atoms with Gasteiger partial charge in [-0.3, -0.25) is 14.9 Å². The quantitative estimate of drug-likeness (QED) is 0.484. The van der Waals surface area contributed by atoms with E-state index in [0.29, 0.717) is 18.4 Å². The molecule has 0 unspecified atom stereocenters. The summed E-state index contributed by atoms with van der Waals surface area (Å²) in [5.74, 6) is 0.0879. The minimum atomic E-state index is -0.441. The zero-order valence-electron chi connectivity index (χ0n) is 6.82. The largest absolute Gasteiger partial charge is 0.294 e. The van der Waals surface area contributed by atoms with Gasteiger partial charge in [0, 0.05) is 24.1 Å². The van der Waals surface area contributed by atoms with Crippen LogP contribution in [0.4, 0.5) is 5.69 Å². The highest BCUT2D eigenvalue weighted by Crippen LogP contribution is 2.25. The summed E-state index contributed by atoms with van der Waals surface area (Å²) in [4.78, 5) is 21.1. The van der Waals surface area contributed by atoms with Crippen LogP contribution in [0.15, 0.2) is 18.2 Å². The number of carbonyl (C=O) groups excluding carboxylic acids is 1. The normalized spacial score (nSPS) is 14.3. The van der Waals surface area contributed by atoms with Crippen LogP contribution in [0.2, 0.25) is 0 Å². The predicted octanol–water partition coefficient (Wildman–Crippen LogP) is 1.72. The molecular formula is C9H7NO3. The van der Waals surface area contributed by atoms with E-state index in [2.05, 4.69) is 0 Å². The van der Waals surface area contributed by atoms with Crippen LogP contribution in [0, 0.1) is 10.1 Å². The molecule has 2 rings (SSSR count). The maximum Gasteiger partial charge on any atom is 0.269 e. The van der Waals surface area contributed by atoms with E-state index in [-0.39, 0.29) is 11.5 Å². The van der Waals surface area contributed by atoms with E-state index < -0.39 is 4.92 Å². The van der Waals surface area contributed by atoms with E-state index in [0.717, 1.165) is 5.56 Å². The fourth-order valence-corrected chi connectivity index (χ4v) is 1.56. The fraction of sp³-hybridized carbons (Fsp3) is 0.222. The first-order chi connectivity index (χ1) is 6.18. The number of aryl methyl sites for hydroxylation is 1. The molecule has 1 aliphatic carbocycles. The summed E-state index contributed by atoms with van der Waals surface area (Å²) in [5.41, 5.74) is 1.51. The van der Waals surface area contributed by atoms with Crippen molar-refractivity contribution in [2.45, 2.75) is 12.8 Å². The molecule has 0 amide bonds. The summed E-state index contributed by atoms with van der Waals surface area (Å²) in [5, 5.41) is 10.4. The molecule has 0 saturated heterocycles. The lowest BCUT2D eigenvalue weighted by Crippen LogP contribution is -1.93. The predicted molar refractivity (Wildman–Crippen MR) is 45.7 cm³/mol. The minimum Gasteiger partial charge on any atom is -0.294 e. The number of fused-ring (bicyclic) bond motifs is 1. The third kappa shape index (κ3) is 1.20. The van der Waals surface area contributed by atoms with Crippen LogP contribution in [0.25, 0.3) is 0 Å². The molecule has 0 atom stereocenters. The van der Waals surface area contributed by atoms with Gasteiger partial charge in [0.1, 0.15) is 0 Å². The molecule has 1 aromatic rings. The lowest BCUT2D eigenvalue weighted by atomic mass is 10.1. The molecule has 0 aromatic heterocycles. The Morgan fingerprint density at radius 2 is 2.08 bits per heavy atom. The number of non-ortho nitro benzene ring substituents is 1. The van der Waals surface area contributed by atoms with Gasteiger partial charge >= 0.3 is 0 Å². The molecule has 4 heteroatoms. The van der Waals surface area contributed by atoms with Gasteiger partial charge < -0.3 is 0 Å². The lowest BCUT2D eigenvalue weighted by molar-refractivity contribution is -0.384. The lowest BCUT2D eigenvalue weighted by Gasteiger charge is -1.95. The molecule has 0 radical (unpaired) electrons. The number of nitro benzene ring substituents is 1. The fourth-order valence-electron chi connectivity index (χ4n) is 1.56. The van der Waals surface area contributed by atoms with E-state index in [1.54, 1.807) is 6.07 Å². The molecule has 0 saturated carbocycles. The van der Waals surface area contributed by atoms with Gasteiger partial charge in [0.05, 0.1) is 4.92 Å². The second kappa shape index (κ2) is 2.65. The van der Waals surface area contributed by atoms with Gasteiger partial charge in [-0.25, -0.2) is 0 Å². The van der Waals surface area contributed by atoms with Crippen LogP contribution in [-0.2, 0) is 6.42 Å². The monoisotopic (exact) mass is 177 g/mol. The standard InChI is InChI=1S/C9H7NO3/c11-9-4-1-6-5-7(10(12)13)2-3-8(6)9/h2-3,5H,1,4H2. The molecule has 0 heterocycles. The van der Waals surface area contributed by atoms with Crippen molar-refractivity contribution in [2.24, 2.45) is 0 Å². The van der Waals surface area contributed by atoms with Crippen molar-refractivity contribution < 1.29 is 9.72 Å². The highest BCUT2D eigenvalue weighted by molar-refractivity contribution is 6.00. The van der Waals surface area contributed by atoms with Crippen LogP contribution in [0.5, 0.6) is 0 Å². The van der Waals surface area contributed by atoms with Gasteiger partial charge in [-0.2, -0.15) is 0 Å². The molecule has 0 bridgehead atoms. The number of nitrogens with zero attached hydrogens (tertiary/aromatic N) is 1. The van der Waals surface area contributed by atoms with Crippen molar-refractivity contribution >= 4 is 11.5 Å². The van der Waals surface area contributed by atoms with Crippen LogP contribution in [-0.4, -0.2) is 10.7 Å². The Balaban J connectivity index is 2.51. The van der Waals surface area contributed by atoms with Crippen molar-refractivity contribution in [3.8, 4) is 0 Å². The number of ketones is 1. The Morgan fingerprint density at radius 3 is 2.77 bits per heavy atom. The Bertz CT molecular complexity index is 398. The van der Waals surface area contributed by atoms with Crippen molar-refractivity contribution in [1.29, 1.82) is 0 Å². The Kier molecular flexibility index (Phi) is 1.62. The van der Waals surface area contributed by atoms with E-state index in [1.807, 2.05) is 0 Å². The van der Waals surface area contributed by atoms with E-state index in [9.17, 15) is 14.9 Å². The second-order valence-corrected chi connectivity index (χ2v) is 3.02. The number of rotatable bonds is 1. The van der Waals surface area contributed by atoms with Gasteiger partial charge in [-0.1, -0.05) is 0 Å². The van der Waals surface area contributed by atoms with Gasteiger partial charge in [0.25, 0.3) is 5.69 Å². The second-order valence-electron chi connectivity index (χ2n) is 3.02. The molecule has 0 N–H and O–H groups in total. The average molecular weight is 177 g/mol. The number of hydrogen-bond acceptors (Lipinski definition) is 3. The highest BCUT2D eigenvalue weighted by Gasteiger charge is 2.21. The van der Waals surface area contributed by atoms with Crippen molar-refractivity contribution in [2.75, 3.05) is 0 Å². The summed E-state index contributed by atoms with van der Waals surface area (Å²) in [6.07, 6.45) is 1.12. The summed E-state index contributed by atoms with van der Waals surface area (Å²) >= 11 is 0. The van der Waals surface area contributed by atoms with E-state index in [1.165, 1.54) is 12.1 Å². The number of carbonyl (C=O) groups is 1. The molecule has 13 heavy (non-hydrogen) atoms. The molecule has 0 spiro atoms. The van der Waals surface area contributed by atoms with Gasteiger partial charge in [0.2, 0.25) is 0 Å². The van der Waals surface area contributed by atoms with Gasteiger partial charge in [-0.05, 0) is 18.1 Å². The van der Waals surface area contributed by atoms with E-state index in [4.69, 9.17) is 0 Å². The topological polar surface area (TPSA) is 60.2 Å². The third-order valence-electron chi connectivity index (χ3n) is 2.22. The van der Waals surface area contributed by atoms with Gasteiger partial charge in [-0.15, -0.1) is 0 Å². The van der Waals surface area contributed by atoms with E-state index >= 15 is 0 Å². The summed E-state index contributed by atoms with van der Waals surface area (Å²) in [7, 11) is 0. The molecule has 66 valence electrons. The molecular weight excluding hydrogens is 170 g/mol. The van der Waals surface area contributed by atoms with Crippen LogP contribution in [0.1, 0.15) is 22.3 Å². The minimum absolute atomic E-state index is 0.0634. The number of Topliss-reactive ketones (excluding diaryl/α,β-unsaturated/α-hetero) is 1. The van der Waals surface area contributed by atoms with Crippen LogP contribution in [0.3, 0.4) is 0 Å². The first kappa shape index (κ1) is 7.91. The van der Waals surface area contributed by atoms with Crippen molar-refractivity contribution in [3.05, 3.63) is 39.4 Å². The Morgan fingerprint density at radius 1 is 1.31 bits per heavy atom. The summed E-state index contributed by atoms with van der Waals surface area (Å²) in [6, 6.07) is 4.41.